The number of benzene rings is 2. The van der Waals surface area contributed by atoms with Gasteiger partial charge in [0.25, 0.3) is 5.56 Å². The number of fused-ring (bicyclic) bond motifs is 1. The molecule has 0 aliphatic heterocycles. The van der Waals surface area contributed by atoms with Crippen LogP contribution in [0.1, 0.15) is 21.6 Å². The van der Waals surface area contributed by atoms with Crippen LogP contribution >= 0.6 is 46.1 Å². The number of nitrogens with zero attached hydrogens (tertiary/aromatic N) is 2. The van der Waals surface area contributed by atoms with Crippen LogP contribution in [0.25, 0.3) is 21.3 Å². The third-order valence-corrected chi connectivity index (χ3v) is 7.20. The van der Waals surface area contributed by atoms with Gasteiger partial charge < -0.3 is 0 Å². The first-order chi connectivity index (χ1) is 13.8. The summed E-state index contributed by atoms with van der Waals surface area (Å²) in [5.74, 6) is 0. The average Bonchev–Trinajstić information content (AvgIpc) is 3.02. The Hall–Kier alpha value is -1.85. The molecule has 7 heteroatoms. The van der Waals surface area contributed by atoms with Crippen molar-refractivity contribution in [2.45, 2.75) is 27.3 Å². The molecule has 0 saturated heterocycles. The van der Waals surface area contributed by atoms with Crippen LogP contribution < -0.4 is 5.56 Å². The number of rotatable bonds is 3. The molecule has 2 aromatic carbocycles. The molecule has 2 heterocycles. The predicted molar refractivity (Wildman–Crippen MR) is 124 cm³/mol. The Labute approximate surface area is 187 Å². The molecule has 4 rings (SSSR count). The maximum atomic E-state index is 13.5. The van der Waals surface area contributed by atoms with Crippen LogP contribution in [0.2, 0.25) is 15.1 Å². The van der Waals surface area contributed by atoms with Crippen molar-refractivity contribution in [3.8, 4) is 11.1 Å². The number of aryl methyl sites for hydroxylation is 3. The highest BCUT2D eigenvalue weighted by atomic mass is 35.5. The third-order valence-electron chi connectivity index (χ3n) is 4.98. The highest BCUT2D eigenvalue weighted by Crippen LogP contribution is 2.38. The molecule has 0 amide bonds. The molecule has 0 saturated carbocycles. The molecular weight excluding hydrogens is 447 g/mol. The molecule has 148 valence electrons. The standard InChI is InChI=1S/C22H17Cl3N2OS/c1-11-4-5-12(2)14(8-11)18-13(3)29-21-19(18)22(28)27(10-26-21)9-15-16(23)6-7-17(24)20(15)25/h4-8,10H,9H2,1-3H3. The first-order valence-electron chi connectivity index (χ1n) is 8.96. The monoisotopic (exact) mass is 462 g/mol. The molecule has 3 nitrogen and oxygen atoms in total. The van der Waals surface area contributed by atoms with Crippen LogP contribution in [-0.2, 0) is 6.54 Å². The summed E-state index contributed by atoms with van der Waals surface area (Å²) in [5, 5.41) is 1.83. The summed E-state index contributed by atoms with van der Waals surface area (Å²) in [6, 6.07) is 9.58. The van der Waals surface area contributed by atoms with E-state index in [0.717, 1.165) is 32.0 Å². The second kappa shape index (κ2) is 7.77. The molecule has 0 aliphatic carbocycles. The molecular formula is C22H17Cl3N2OS. The fourth-order valence-corrected chi connectivity index (χ4v) is 5.13. The fraction of sp³-hybridized carbons (Fsp3) is 0.182. The number of halogens is 3. The van der Waals surface area contributed by atoms with E-state index in [1.54, 1.807) is 18.5 Å². The Morgan fingerprint density at radius 3 is 2.52 bits per heavy atom. The number of hydrogen-bond acceptors (Lipinski definition) is 3. The summed E-state index contributed by atoms with van der Waals surface area (Å²) in [5.41, 5.74) is 4.75. The summed E-state index contributed by atoms with van der Waals surface area (Å²) in [7, 11) is 0. The molecule has 0 bridgehead atoms. The molecule has 0 spiro atoms. The number of aromatic nitrogens is 2. The van der Waals surface area contributed by atoms with Crippen LogP contribution in [0.4, 0.5) is 0 Å². The van der Waals surface area contributed by atoms with E-state index in [4.69, 9.17) is 34.8 Å². The Balaban J connectivity index is 1.94. The van der Waals surface area contributed by atoms with E-state index in [0.29, 0.717) is 26.0 Å². The lowest BCUT2D eigenvalue weighted by Crippen LogP contribution is -2.21. The zero-order chi connectivity index (χ0) is 20.9. The van der Waals surface area contributed by atoms with Gasteiger partial charge in [-0.25, -0.2) is 4.98 Å². The predicted octanol–water partition coefficient (Wildman–Crippen LogP) is 7.06. The van der Waals surface area contributed by atoms with Crippen LogP contribution in [0.5, 0.6) is 0 Å². The first-order valence-corrected chi connectivity index (χ1v) is 10.9. The Morgan fingerprint density at radius 2 is 1.76 bits per heavy atom. The lowest BCUT2D eigenvalue weighted by Gasteiger charge is -2.11. The van der Waals surface area contributed by atoms with E-state index in [2.05, 4.69) is 30.1 Å². The lowest BCUT2D eigenvalue weighted by molar-refractivity contribution is 0.750. The molecule has 29 heavy (non-hydrogen) atoms. The van der Waals surface area contributed by atoms with Gasteiger partial charge in [0.2, 0.25) is 0 Å². The summed E-state index contributed by atoms with van der Waals surface area (Å²) in [6.07, 6.45) is 1.54. The minimum absolute atomic E-state index is 0.123. The topological polar surface area (TPSA) is 34.9 Å². The summed E-state index contributed by atoms with van der Waals surface area (Å²) in [4.78, 5) is 19.8. The third kappa shape index (κ3) is 3.59. The van der Waals surface area contributed by atoms with E-state index < -0.39 is 0 Å². The quantitative estimate of drug-likeness (QED) is 0.305. The van der Waals surface area contributed by atoms with Crippen molar-refractivity contribution in [3.05, 3.63) is 83.6 Å². The summed E-state index contributed by atoms with van der Waals surface area (Å²) < 4.78 is 1.53. The van der Waals surface area contributed by atoms with Gasteiger partial charge in [-0.05, 0) is 44.0 Å². The molecule has 0 unspecified atom stereocenters. The SMILES string of the molecule is Cc1ccc(C)c(-c2c(C)sc3ncn(Cc4c(Cl)ccc(Cl)c4Cl)c(=O)c23)c1. The van der Waals surface area contributed by atoms with Gasteiger partial charge in [-0.3, -0.25) is 9.36 Å². The zero-order valence-corrected chi connectivity index (χ0v) is 19.1. The lowest BCUT2D eigenvalue weighted by atomic mass is 9.97. The maximum Gasteiger partial charge on any atom is 0.263 e. The molecule has 0 aliphatic rings. The van der Waals surface area contributed by atoms with Crippen LogP contribution in [0.3, 0.4) is 0 Å². The summed E-state index contributed by atoms with van der Waals surface area (Å²) >= 11 is 20.3. The largest absolute Gasteiger partial charge is 0.294 e. The van der Waals surface area contributed by atoms with Gasteiger partial charge in [0.15, 0.2) is 0 Å². The Morgan fingerprint density at radius 1 is 1.03 bits per heavy atom. The number of hydrogen-bond donors (Lipinski definition) is 0. The Kier molecular flexibility index (Phi) is 5.47. The molecule has 0 radical (unpaired) electrons. The summed E-state index contributed by atoms with van der Waals surface area (Å²) in [6.45, 7) is 6.32. The smallest absolute Gasteiger partial charge is 0.263 e. The van der Waals surface area contributed by atoms with Gasteiger partial charge in [0.05, 0.1) is 28.3 Å². The molecule has 4 aromatic rings. The van der Waals surface area contributed by atoms with Crippen LogP contribution in [0.15, 0.2) is 41.5 Å². The fourth-order valence-electron chi connectivity index (χ4n) is 3.46. The van der Waals surface area contributed by atoms with Crippen molar-refractivity contribution >= 4 is 56.4 Å². The highest BCUT2D eigenvalue weighted by Gasteiger charge is 2.19. The average molecular weight is 464 g/mol. The van der Waals surface area contributed by atoms with E-state index in [1.807, 2.05) is 13.8 Å². The van der Waals surface area contributed by atoms with E-state index in [1.165, 1.54) is 15.9 Å². The van der Waals surface area contributed by atoms with Crippen molar-refractivity contribution in [3.63, 3.8) is 0 Å². The van der Waals surface area contributed by atoms with Crippen molar-refractivity contribution in [2.75, 3.05) is 0 Å². The second-order valence-electron chi connectivity index (χ2n) is 7.03. The van der Waals surface area contributed by atoms with Crippen molar-refractivity contribution in [2.24, 2.45) is 0 Å². The minimum atomic E-state index is -0.123. The number of thiophene rings is 1. The molecule has 2 aromatic heterocycles. The van der Waals surface area contributed by atoms with Gasteiger partial charge >= 0.3 is 0 Å². The van der Waals surface area contributed by atoms with Gasteiger partial charge in [-0.15, -0.1) is 11.3 Å². The van der Waals surface area contributed by atoms with Gasteiger partial charge in [-0.2, -0.15) is 0 Å². The van der Waals surface area contributed by atoms with E-state index in [9.17, 15) is 4.79 Å². The highest BCUT2D eigenvalue weighted by molar-refractivity contribution is 7.19. The van der Waals surface area contributed by atoms with Crippen LogP contribution in [0, 0.1) is 20.8 Å². The Bertz CT molecular complexity index is 1320. The minimum Gasteiger partial charge on any atom is -0.294 e. The molecule has 0 fully saturated rings. The second-order valence-corrected chi connectivity index (χ2v) is 9.43. The van der Waals surface area contributed by atoms with Gasteiger partial charge in [0.1, 0.15) is 4.83 Å². The van der Waals surface area contributed by atoms with Crippen molar-refractivity contribution in [1.82, 2.24) is 9.55 Å². The molecule has 0 atom stereocenters. The van der Waals surface area contributed by atoms with E-state index in [-0.39, 0.29) is 12.1 Å². The van der Waals surface area contributed by atoms with Gasteiger partial charge in [-0.1, -0.05) is 58.6 Å². The van der Waals surface area contributed by atoms with E-state index >= 15 is 0 Å². The first kappa shape index (κ1) is 20.4. The zero-order valence-electron chi connectivity index (χ0n) is 16.0. The normalized spacial score (nSPS) is 11.4. The van der Waals surface area contributed by atoms with Crippen molar-refractivity contribution in [1.29, 1.82) is 0 Å². The molecule has 0 N–H and O–H groups in total. The van der Waals surface area contributed by atoms with Crippen molar-refractivity contribution < 1.29 is 0 Å². The van der Waals surface area contributed by atoms with Crippen LogP contribution in [-0.4, -0.2) is 9.55 Å². The maximum absolute atomic E-state index is 13.5. The van der Waals surface area contributed by atoms with Gasteiger partial charge in [0, 0.05) is 21.0 Å².